The Morgan fingerprint density at radius 1 is 1.03 bits per heavy atom. The highest BCUT2D eigenvalue weighted by Crippen LogP contribution is 2.44. The van der Waals surface area contributed by atoms with Crippen LogP contribution in [0.1, 0.15) is 44.2 Å². The van der Waals surface area contributed by atoms with Gasteiger partial charge in [0.25, 0.3) is 0 Å². The third kappa shape index (κ3) is 5.00. The zero-order valence-corrected chi connectivity index (χ0v) is 19.6. The van der Waals surface area contributed by atoms with Crippen LogP contribution in [0.25, 0.3) is 11.1 Å². The van der Waals surface area contributed by atoms with Crippen molar-refractivity contribution in [3.63, 3.8) is 0 Å². The molecule has 0 aromatic heterocycles. The lowest BCUT2D eigenvalue weighted by Crippen LogP contribution is -2.55. The predicted molar refractivity (Wildman–Crippen MR) is 126 cm³/mol. The first-order valence-electron chi connectivity index (χ1n) is 11.5. The number of nitrogens with one attached hydrogen (secondary N) is 1. The summed E-state index contributed by atoms with van der Waals surface area (Å²) in [6.45, 7) is 5.65. The second kappa shape index (κ2) is 9.37. The standard InChI is InChI=1S/C26H30N2O6/c1-26(2,3)34-25(32)28-13-12-22(20(14-28)23(29)30)27-24(31)33-15-21-18-10-6-4-8-16(18)17-9-5-7-11-19(17)21/h4-11,20-22H,12-15H2,1-3H3,(H,27,31)(H,29,30)/t20-,22-/m1/s1. The summed E-state index contributed by atoms with van der Waals surface area (Å²) in [7, 11) is 0. The Labute approximate surface area is 198 Å². The molecular weight excluding hydrogens is 436 g/mol. The maximum atomic E-state index is 12.6. The molecule has 2 atom stereocenters. The van der Waals surface area contributed by atoms with Crippen molar-refractivity contribution >= 4 is 18.2 Å². The number of carboxylic acid groups (broad SMARTS) is 1. The first-order chi connectivity index (χ1) is 16.1. The highest BCUT2D eigenvalue weighted by Gasteiger charge is 2.39. The summed E-state index contributed by atoms with van der Waals surface area (Å²) in [5.41, 5.74) is 3.79. The van der Waals surface area contributed by atoms with Crippen LogP contribution in [0.3, 0.4) is 0 Å². The Hall–Kier alpha value is -3.55. The predicted octanol–water partition coefficient (Wildman–Crippen LogP) is 4.24. The minimum atomic E-state index is -1.09. The van der Waals surface area contributed by atoms with Gasteiger partial charge < -0.3 is 24.8 Å². The summed E-state index contributed by atoms with van der Waals surface area (Å²) in [5.74, 6) is -2.12. The van der Waals surface area contributed by atoms with Crippen molar-refractivity contribution in [1.29, 1.82) is 0 Å². The highest BCUT2D eigenvalue weighted by atomic mass is 16.6. The number of carbonyl (C=O) groups is 3. The molecule has 2 aromatic rings. The van der Waals surface area contributed by atoms with Gasteiger partial charge in [-0.15, -0.1) is 0 Å². The van der Waals surface area contributed by atoms with Gasteiger partial charge in [0.2, 0.25) is 0 Å². The molecule has 0 unspecified atom stereocenters. The number of benzene rings is 2. The number of nitrogens with zero attached hydrogens (tertiary/aromatic N) is 1. The number of amides is 2. The number of ether oxygens (including phenoxy) is 2. The largest absolute Gasteiger partial charge is 0.481 e. The second-order valence-electron chi connectivity index (χ2n) is 9.74. The molecule has 4 rings (SSSR count). The second-order valence-corrected chi connectivity index (χ2v) is 9.74. The maximum Gasteiger partial charge on any atom is 0.410 e. The van der Waals surface area contributed by atoms with Gasteiger partial charge in [-0.1, -0.05) is 48.5 Å². The lowest BCUT2D eigenvalue weighted by molar-refractivity contribution is -0.144. The molecule has 0 bridgehead atoms. The van der Waals surface area contributed by atoms with Crippen molar-refractivity contribution in [1.82, 2.24) is 10.2 Å². The molecule has 180 valence electrons. The summed E-state index contributed by atoms with van der Waals surface area (Å²) < 4.78 is 10.9. The van der Waals surface area contributed by atoms with E-state index in [4.69, 9.17) is 9.47 Å². The Bertz CT molecular complexity index is 1050. The van der Waals surface area contributed by atoms with Gasteiger partial charge in [-0.2, -0.15) is 0 Å². The summed E-state index contributed by atoms with van der Waals surface area (Å²) in [6.07, 6.45) is -0.928. The Morgan fingerprint density at radius 2 is 1.62 bits per heavy atom. The van der Waals surface area contributed by atoms with Gasteiger partial charge in [0.1, 0.15) is 12.2 Å². The zero-order valence-electron chi connectivity index (χ0n) is 19.6. The van der Waals surface area contributed by atoms with E-state index in [0.717, 1.165) is 22.3 Å². The molecular formula is C26H30N2O6. The molecule has 0 saturated carbocycles. The molecule has 0 radical (unpaired) electrons. The van der Waals surface area contributed by atoms with Crippen molar-refractivity contribution in [2.75, 3.05) is 19.7 Å². The fourth-order valence-electron chi connectivity index (χ4n) is 4.66. The molecule has 1 heterocycles. The van der Waals surface area contributed by atoms with E-state index in [2.05, 4.69) is 17.4 Å². The van der Waals surface area contributed by atoms with Gasteiger partial charge in [0.15, 0.2) is 0 Å². The summed E-state index contributed by atoms with van der Waals surface area (Å²) >= 11 is 0. The van der Waals surface area contributed by atoms with E-state index < -0.39 is 35.7 Å². The average Bonchev–Trinajstić information content (AvgIpc) is 3.10. The van der Waals surface area contributed by atoms with Crippen LogP contribution in [0.15, 0.2) is 48.5 Å². The van der Waals surface area contributed by atoms with Crippen LogP contribution in [-0.2, 0) is 14.3 Å². The van der Waals surface area contributed by atoms with Crippen molar-refractivity contribution in [3.8, 4) is 11.1 Å². The van der Waals surface area contributed by atoms with E-state index in [1.807, 2.05) is 36.4 Å². The number of rotatable bonds is 4. The number of hydrogen-bond donors (Lipinski definition) is 2. The number of carbonyl (C=O) groups excluding carboxylic acids is 2. The number of alkyl carbamates (subject to hydrolysis) is 1. The van der Waals surface area contributed by atoms with Crippen LogP contribution in [0.5, 0.6) is 0 Å². The van der Waals surface area contributed by atoms with Crippen LogP contribution in [0.2, 0.25) is 0 Å². The monoisotopic (exact) mass is 466 g/mol. The van der Waals surface area contributed by atoms with Crippen molar-refractivity contribution < 1.29 is 29.0 Å². The van der Waals surface area contributed by atoms with E-state index in [1.54, 1.807) is 20.8 Å². The topological polar surface area (TPSA) is 105 Å². The Morgan fingerprint density at radius 3 is 2.18 bits per heavy atom. The number of hydrogen-bond acceptors (Lipinski definition) is 5. The quantitative estimate of drug-likeness (QED) is 0.699. The Kier molecular flexibility index (Phi) is 6.50. The summed E-state index contributed by atoms with van der Waals surface area (Å²) in [6, 6.07) is 15.5. The van der Waals surface area contributed by atoms with E-state index in [-0.39, 0.29) is 25.6 Å². The van der Waals surface area contributed by atoms with Gasteiger partial charge >= 0.3 is 18.2 Å². The van der Waals surface area contributed by atoms with Gasteiger partial charge in [0.05, 0.1) is 5.92 Å². The lowest BCUT2D eigenvalue weighted by atomic mass is 9.92. The Balaban J connectivity index is 1.38. The van der Waals surface area contributed by atoms with E-state index in [0.29, 0.717) is 6.42 Å². The van der Waals surface area contributed by atoms with Crippen molar-refractivity contribution in [3.05, 3.63) is 59.7 Å². The molecule has 2 aliphatic rings. The molecule has 34 heavy (non-hydrogen) atoms. The van der Waals surface area contributed by atoms with Crippen molar-refractivity contribution in [2.24, 2.45) is 5.92 Å². The molecule has 8 nitrogen and oxygen atoms in total. The van der Waals surface area contributed by atoms with Crippen molar-refractivity contribution in [2.45, 2.75) is 44.8 Å². The fraction of sp³-hybridized carbons (Fsp3) is 0.423. The zero-order chi connectivity index (χ0) is 24.5. The SMILES string of the molecule is CC(C)(C)OC(=O)N1CC[C@@H](NC(=O)OCC2c3ccccc3-c3ccccc32)[C@H](C(=O)O)C1. The first-order valence-corrected chi connectivity index (χ1v) is 11.5. The maximum absolute atomic E-state index is 12.6. The summed E-state index contributed by atoms with van der Waals surface area (Å²) in [4.78, 5) is 38.2. The molecule has 2 aromatic carbocycles. The average molecular weight is 467 g/mol. The smallest absolute Gasteiger partial charge is 0.410 e. The van der Waals surface area contributed by atoms with Crippen LogP contribution in [-0.4, -0.2) is 59.5 Å². The normalized spacial score (nSPS) is 19.7. The van der Waals surface area contributed by atoms with E-state index >= 15 is 0 Å². The van der Waals surface area contributed by atoms with Crippen LogP contribution >= 0.6 is 0 Å². The minimum absolute atomic E-state index is 0.0431. The third-order valence-electron chi connectivity index (χ3n) is 6.23. The van der Waals surface area contributed by atoms with E-state index in [9.17, 15) is 19.5 Å². The number of carboxylic acids is 1. The van der Waals surface area contributed by atoms with Gasteiger partial charge in [-0.05, 0) is 49.4 Å². The van der Waals surface area contributed by atoms with Crippen LogP contribution in [0.4, 0.5) is 9.59 Å². The van der Waals surface area contributed by atoms with Gasteiger partial charge in [0, 0.05) is 25.0 Å². The number of likely N-dealkylation sites (tertiary alicyclic amines) is 1. The minimum Gasteiger partial charge on any atom is -0.481 e. The van der Waals surface area contributed by atoms with Crippen LogP contribution in [0, 0.1) is 5.92 Å². The molecule has 1 aliphatic carbocycles. The molecule has 8 heteroatoms. The number of fused-ring (bicyclic) bond motifs is 3. The number of piperidine rings is 1. The number of aliphatic carboxylic acids is 1. The molecule has 2 N–H and O–H groups in total. The lowest BCUT2D eigenvalue weighted by Gasteiger charge is -2.37. The molecule has 1 fully saturated rings. The first kappa shape index (κ1) is 23.6. The van der Waals surface area contributed by atoms with Crippen LogP contribution < -0.4 is 5.32 Å². The highest BCUT2D eigenvalue weighted by molar-refractivity contribution is 5.79. The third-order valence-corrected chi connectivity index (χ3v) is 6.23. The summed E-state index contributed by atoms with van der Waals surface area (Å²) in [5, 5.41) is 12.4. The van der Waals surface area contributed by atoms with E-state index in [1.165, 1.54) is 4.90 Å². The molecule has 1 aliphatic heterocycles. The molecule has 0 spiro atoms. The molecule has 2 amide bonds. The van der Waals surface area contributed by atoms with Gasteiger partial charge in [-0.25, -0.2) is 9.59 Å². The van der Waals surface area contributed by atoms with Gasteiger partial charge in [-0.3, -0.25) is 4.79 Å². The fourth-order valence-corrected chi connectivity index (χ4v) is 4.66. The molecule has 1 saturated heterocycles.